The monoisotopic (exact) mass is 410 g/mol. The molecular weight excluding hydrogens is 396 g/mol. The Hall–Kier alpha value is -3.06. The third-order valence-corrected chi connectivity index (χ3v) is 4.52. The lowest BCUT2D eigenvalue weighted by Crippen LogP contribution is -1.97. The first kappa shape index (κ1) is 16.4. The highest BCUT2D eigenvalue weighted by Gasteiger charge is 2.16. The second kappa shape index (κ2) is 6.68. The number of phenols is 1. The molecule has 0 saturated carbocycles. The fraction of sp³-hybridized carbons (Fsp3) is 0.0526. The molecule has 0 bridgehead atoms. The number of benzene rings is 2. The Labute approximate surface area is 158 Å². The summed E-state index contributed by atoms with van der Waals surface area (Å²) >= 11 is 3.45. The first-order chi connectivity index (χ1) is 12.7. The molecule has 0 aliphatic heterocycles. The highest BCUT2D eigenvalue weighted by Crippen LogP contribution is 2.36. The molecule has 4 rings (SSSR count). The van der Waals surface area contributed by atoms with Gasteiger partial charge in [-0.15, -0.1) is 0 Å². The van der Waals surface area contributed by atoms with Gasteiger partial charge in [0.1, 0.15) is 11.5 Å². The maximum absolute atomic E-state index is 9.87. The number of anilines is 2. The van der Waals surface area contributed by atoms with Crippen molar-refractivity contribution in [2.75, 3.05) is 12.4 Å². The van der Waals surface area contributed by atoms with Crippen LogP contribution in [0.3, 0.4) is 0 Å². The van der Waals surface area contributed by atoms with Gasteiger partial charge in [-0.25, -0.2) is 4.98 Å². The molecular formula is C19H15BrN4O2. The standard InChI is InChI=1S/C19H15BrN4O2/c1-26-16-10-12(2-7-15(16)25)18-19(22-14-5-3-13(20)4-6-14)24-9-8-21-11-17(24)23-18/h2-11,22,25H,1H3. The molecule has 2 aromatic heterocycles. The minimum Gasteiger partial charge on any atom is -0.504 e. The zero-order chi connectivity index (χ0) is 18.1. The Balaban J connectivity index is 1.87. The number of ether oxygens (including phenoxy) is 1. The van der Waals surface area contributed by atoms with Crippen molar-refractivity contribution in [3.63, 3.8) is 0 Å². The summed E-state index contributed by atoms with van der Waals surface area (Å²) in [7, 11) is 1.52. The fourth-order valence-electron chi connectivity index (χ4n) is 2.72. The molecule has 130 valence electrons. The number of aromatic hydroxyl groups is 1. The van der Waals surface area contributed by atoms with Gasteiger partial charge in [-0.3, -0.25) is 9.38 Å². The molecule has 26 heavy (non-hydrogen) atoms. The van der Waals surface area contributed by atoms with Crippen LogP contribution in [0, 0.1) is 0 Å². The van der Waals surface area contributed by atoms with Crippen LogP contribution in [0.1, 0.15) is 0 Å². The number of fused-ring (bicyclic) bond motifs is 1. The molecule has 0 aliphatic carbocycles. The largest absolute Gasteiger partial charge is 0.504 e. The molecule has 0 aliphatic rings. The van der Waals surface area contributed by atoms with Crippen molar-refractivity contribution in [3.8, 4) is 22.8 Å². The number of nitrogens with zero attached hydrogens (tertiary/aromatic N) is 3. The minimum atomic E-state index is 0.0871. The van der Waals surface area contributed by atoms with Gasteiger partial charge < -0.3 is 15.2 Å². The van der Waals surface area contributed by atoms with Crippen molar-refractivity contribution < 1.29 is 9.84 Å². The minimum absolute atomic E-state index is 0.0871. The average Bonchev–Trinajstić information content (AvgIpc) is 3.02. The third-order valence-electron chi connectivity index (χ3n) is 3.99. The molecule has 7 heteroatoms. The lowest BCUT2D eigenvalue weighted by Gasteiger charge is -2.10. The quantitative estimate of drug-likeness (QED) is 0.513. The molecule has 0 spiro atoms. The first-order valence-electron chi connectivity index (χ1n) is 7.88. The molecule has 0 amide bonds. The van der Waals surface area contributed by atoms with E-state index in [1.165, 1.54) is 7.11 Å². The van der Waals surface area contributed by atoms with Gasteiger partial charge in [0, 0.05) is 28.1 Å². The summed E-state index contributed by atoms with van der Waals surface area (Å²) in [6.45, 7) is 0. The van der Waals surface area contributed by atoms with Crippen molar-refractivity contribution in [2.24, 2.45) is 0 Å². The van der Waals surface area contributed by atoms with Crippen LogP contribution in [-0.2, 0) is 0 Å². The molecule has 4 aromatic rings. The number of phenolic OH excluding ortho intramolecular Hbond substituents is 1. The average molecular weight is 411 g/mol. The van der Waals surface area contributed by atoms with Crippen LogP contribution in [0.15, 0.2) is 65.5 Å². The van der Waals surface area contributed by atoms with Gasteiger partial charge in [0.2, 0.25) is 0 Å². The Kier molecular flexibility index (Phi) is 4.22. The van der Waals surface area contributed by atoms with Crippen LogP contribution in [0.4, 0.5) is 11.5 Å². The van der Waals surface area contributed by atoms with Crippen molar-refractivity contribution in [2.45, 2.75) is 0 Å². The lowest BCUT2D eigenvalue weighted by atomic mass is 10.1. The normalized spacial score (nSPS) is 10.8. The molecule has 6 nitrogen and oxygen atoms in total. The topological polar surface area (TPSA) is 71.7 Å². The molecule has 2 N–H and O–H groups in total. The van der Waals surface area contributed by atoms with E-state index in [0.29, 0.717) is 11.4 Å². The molecule has 2 aromatic carbocycles. The van der Waals surface area contributed by atoms with Gasteiger partial charge >= 0.3 is 0 Å². The molecule has 0 saturated heterocycles. The van der Waals surface area contributed by atoms with Gasteiger partial charge in [0.15, 0.2) is 17.1 Å². The molecule has 0 atom stereocenters. The molecule has 2 heterocycles. The van der Waals surface area contributed by atoms with E-state index in [1.54, 1.807) is 30.6 Å². The maximum Gasteiger partial charge on any atom is 0.161 e. The molecule has 0 unspecified atom stereocenters. The zero-order valence-corrected chi connectivity index (χ0v) is 15.4. The maximum atomic E-state index is 9.87. The van der Waals surface area contributed by atoms with E-state index in [1.807, 2.05) is 34.9 Å². The predicted molar refractivity (Wildman–Crippen MR) is 104 cm³/mol. The van der Waals surface area contributed by atoms with Gasteiger partial charge in [-0.05, 0) is 42.5 Å². The number of hydrogen-bond donors (Lipinski definition) is 2. The number of methoxy groups -OCH3 is 1. The number of imidazole rings is 1. The second-order valence-corrected chi connectivity index (χ2v) is 6.55. The number of hydrogen-bond acceptors (Lipinski definition) is 5. The molecule has 0 fully saturated rings. The highest BCUT2D eigenvalue weighted by molar-refractivity contribution is 9.10. The van der Waals surface area contributed by atoms with E-state index in [0.717, 1.165) is 27.2 Å². The predicted octanol–water partition coefficient (Wildman–Crippen LogP) is 4.62. The van der Waals surface area contributed by atoms with Crippen molar-refractivity contribution in [3.05, 3.63) is 65.5 Å². The summed E-state index contributed by atoms with van der Waals surface area (Å²) in [6.07, 6.45) is 5.27. The first-order valence-corrected chi connectivity index (χ1v) is 8.67. The summed E-state index contributed by atoms with van der Waals surface area (Å²) in [5.41, 5.74) is 3.20. The zero-order valence-electron chi connectivity index (χ0n) is 13.8. The van der Waals surface area contributed by atoms with E-state index in [-0.39, 0.29) is 5.75 Å². The van der Waals surface area contributed by atoms with Crippen LogP contribution in [0.2, 0.25) is 0 Å². The van der Waals surface area contributed by atoms with Crippen molar-refractivity contribution >= 4 is 33.1 Å². The summed E-state index contributed by atoms with van der Waals surface area (Å²) in [5, 5.41) is 13.3. The Morgan fingerprint density at radius 2 is 1.96 bits per heavy atom. The van der Waals surface area contributed by atoms with E-state index >= 15 is 0 Å². The van der Waals surface area contributed by atoms with Crippen molar-refractivity contribution in [1.82, 2.24) is 14.4 Å². The lowest BCUT2D eigenvalue weighted by molar-refractivity contribution is 0.373. The fourth-order valence-corrected chi connectivity index (χ4v) is 2.99. The third kappa shape index (κ3) is 2.97. The Morgan fingerprint density at radius 3 is 2.73 bits per heavy atom. The summed E-state index contributed by atoms with van der Waals surface area (Å²) < 4.78 is 8.17. The molecule has 0 radical (unpaired) electrons. The summed E-state index contributed by atoms with van der Waals surface area (Å²) in [5.74, 6) is 1.29. The smallest absolute Gasteiger partial charge is 0.161 e. The van der Waals surface area contributed by atoms with Gasteiger partial charge in [0.05, 0.1) is 13.3 Å². The van der Waals surface area contributed by atoms with Crippen LogP contribution < -0.4 is 10.1 Å². The van der Waals surface area contributed by atoms with E-state index in [9.17, 15) is 5.11 Å². The number of halogens is 1. The highest BCUT2D eigenvalue weighted by atomic mass is 79.9. The van der Waals surface area contributed by atoms with Crippen LogP contribution >= 0.6 is 15.9 Å². The number of nitrogens with one attached hydrogen (secondary N) is 1. The van der Waals surface area contributed by atoms with E-state index in [2.05, 4.69) is 26.2 Å². The SMILES string of the molecule is COc1cc(-c2nc3cnccn3c2Nc2ccc(Br)cc2)ccc1O. The summed E-state index contributed by atoms with van der Waals surface area (Å²) in [4.78, 5) is 8.84. The second-order valence-electron chi connectivity index (χ2n) is 5.63. The van der Waals surface area contributed by atoms with E-state index < -0.39 is 0 Å². The Bertz CT molecular complexity index is 1080. The van der Waals surface area contributed by atoms with Crippen LogP contribution in [0.25, 0.3) is 16.9 Å². The van der Waals surface area contributed by atoms with Gasteiger partial charge in [-0.2, -0.15) is 0 Å². The van der Waals surface area contributed by atoms with Gasteiger partial charge in [0.25, 0.3) is 0 Å². The van der Waals surface area contributed by atoms with Crippen LogP contribution in [-0.4, -0.2) is 26.6 Å². The van der Waals surface area contributed by atoms with E-state index in [4.69, 9.17) is 9.72 Å². The summed E-state index contributed by atoms with van der Waals surface area (Å²) in [6, 6.07) is 13.1. The Morgan fingerprint density at radius 1 is 1.15 bits per heavy atom. The van der Waals surface area contributed by atoms with Gasteiger partial charge in [-0.1, -0.05) is 15.9 Å². The van der Waals surface area contributed by atoms with Crippen molar-refractivity contribution in [1.29, 1.82) is 0 Å². The van der Waals surface area contributed by atoms with Crippen LogP contribution in [0.5, 0.6) is 11.5 Å². The number of aromatic nitrogens is 3. The number of rotatable bonds is 4.